The SMILES string of the molecule is O=C(CCc1nc2ccccc2c(=O)[nH]1)Nc1ccc(-c2n[nH]c(C3CC3)n2)cc1. The number of nitrogens with one attached hydrogen (secondary N) is 3. The fraction of sp³-hybridized carbons (Fsp3) is 0.227. The van der Waals surface area contributed by atoms with E-state index in [-0.39, 0.29) is 17.9 Å². The van der Waals surface area contributed by atoms with Gasteiger partial charge in [-0.15, -0.1) is 0 Å². The standard InChI is InChI=1S/C22H20N6O2/c29-19(12-11-18-24-17-4-2-1-3-16(17)22(30)25-18)23-15-9-7-14(8-10-15)21-26-20(27-28-21)13-5-6-13/h1-4,7-10,13H,5-6,11-12H2,(H,23,29)(H,24,25,30)(H,26,27,28). The molecule has 1 amide bonds. The summed E-state index contributed by atoms with van der Waals surface area (Å²) in [5, 5.41) is 10.7. The van der Waals surface area contributed by atoms with Gasteiger partial charge in [0, 0.05) is 30.0 Å². The van der Waals surface area contributed by atoms with Crippen molar-refractivity contribution in [1.29, 1.82) is 0 Å². The molecule has 1 aliphatic rings. The lowest BCUT2D eigenvalue weighted by molar-refractivity contribution is -0.116. The quantitative estimate of drug-likeness (QED) is 0.460. The number of para-hydroxylation sites is 1. The second-order valence-corrected chi connectivity index (χ2v) is 7.47. The van der Waals surface area contributed by atoms with Crippen molar-refractivity contribution in [2.75, 3.05) is 5.32 Å². The van der Waals surface area contributed by atoms with Gasteiger partial charge in [-0.1, -0.05) is 12.1 Å². The highest BCUT2D eigenvalue weighted by atomic mass is 16.1. The van der Waals surface area contributed by atoms with Gasteiger partial charge in [0.05, 0.1) is 10.9 Å². The minimum absolute atomic E-state index is 0.146. The first kappa shape index (κ1) is 18.2. The number of hydrogen-bond acceptors (Lipinski definition) is 5. The summed E-state index contributed by atoms with van der Waals surface area (Å²) in [4.78, 5) is 36.1. The van der Waals surface area contributed by atoms with Crippen molar-refractivity contribution in [1.82, 2.24) is 25.1 Å². The van der Waals surface area contributed by atoms with Gasteiger partial charge in [-0.3, -0.25) is 14.7 Å². The van der Waals surface area contributed by atoms with E-state index in [2.05, 4.69) is 30.5 Å². The average Bonchev–Trinajstić information content (AvgIpc) is 3.50. The van der Waals surface area contributed by atoms with Crippen molar-refractivity contribution in [3.63, 3.8) is 0 Å². The van der Waals surface area contributed by atoms with Gasteiger partial charge < -0.3 is 10.3 Å². The van der Waals surface area contributed by atoms with Crippen molar-refractivity contribution in [2.24, 2.45) is 0 Å². The Labute approximate surface area is 171 Å². The summed E-state index contributed by atoms with van der Waals surface area (Å²) in [6.45, 7) is 0. The molecule has 0 radical (unpaired) electrons. The first-order valence-electron chi connectivity index (χ1n) is 9.96. The third-order valence-corrected chi connectivity index (χ3v) is 5.14. The molecule has 1 aliphatic carbocycles. The van der Waals surface area contributed by atoms with Crippen molar-refractivity contribution in [3.8, 4) is 11.4 Å². The Hall–Kier alpha value is -3.81. The van der Waals surface area contributed by atoms with Gasteiger partial charge in [-0.25, -0.2) is 9.97 Å². The van der Waals surface area contributed by atoms with Crippen LogP contribution >= 0.6 is 0 Å². The average molecular weight is 400 g/mol. The van der Waals surface area contributed by atoms with E-state index in [0.29, 0.717) is 40.6 Å². The number of carbonyl (C=O) groups is 1. The lowest BCUT2D eigenvalue weighted by Crippen LogP contribution is -2.16. The van der Waals surface area contributed by atoms with Crippen molar-refractivity contribution in [2.45, 2.75) is 31.6 Å². The van der Waals surface area contributed by atoms with E-state index < -0.39 is 0 Å². The molecule has 2 aromatic heterocycles. The molecule has 3 N–H and O–H groups in total. The van der Waals surface area contributed by atoms with Crippen LogP contribution in [0, 0.1) is 0 Å². The number of nitrogens with zero attached hydrogens (tertiary/aromatic N) is 3. The molecule has 5 rings (SSSR count). The monoisotopic (exact) mass is 400 g/mol. The minimum atomic E-state index is -0.191. The maximum atomic E-state index is 12.3. The molecular weight excluding hydrogens is 380 g/mol. The molecular formula is C22H20N6O2. The van der Waals surface area contributed by atoms with E-state index in [4.69, 9.17) is 0 Å². The third kappa shape index (κ3) is 3.84. The van der Waals surface area contributed by atoms with Gasteiger partial charge in [0.1, 0.15) is 11.6 Å². The molecule has 150 valence electrons. The van der Waals surface area contributed by atoms with Crippen LogP contribution < -0.4 is 10.9 Å². The fourth-order valence-corrected chi connectivity index (χ4v) is 3.35. The largest absolute Gasteiger partial charge is 0.326 e. The van der Waals surface area contributed by atoms with Crippen LogP contribution in [0.4, 0.5) is 5.69 Å². The number of hydrogen-bond donors (Lipinski definition) is 3. The van der Waals surface area contributed by atoms with Crippen LogP contribution in [0.5, 0.6) is 0 Å². The molecule has 8 heteroatoms. The van der Waals surface area contributed by atoms with Crippen LogP contribution in [-0.4, -0.2) is 31.1 Å². The lowest BCUT2D eigenvalue weighted by Gasteiger charge is -2.06. The zero-order valence-electron chi connectivity index (χ0n) is 16.2. The summed E-state index contributed by atoms with van der Waals surface area (Å²) >= 11 is 0. The number of rotatable bonds is 6. The maximum absolute atomic E-state index is 12.3. The van der Waals surface area contributed by atoms with Gasteiger partial charge in [-0.2, -0.15) is 5.10 Å². The Kier molecular flexibility index (Phi) is 4.59. The molecule has 4 aromatic rings. The van der Waals surface area contributed by atoms with Crippen LogP contribution in [-0.2, 0) is 11.2 Å². The fourth-order valence-electron chi connectivity index (χ4n) is 3.35. The molecule has 1 saturated carbocycles. The van der Waals surface area contributed by atoms with Gasteiger partial charge >= 0.3 is 0 Å². The summed E-state index contributed by atoms with van der Waals surface area (Å²) in [6.07, 6.45) is 2.91. The summed E-state index contributed by atoms with van der Waals surface area (Å²) in [6, 6.07) is 14.6. The topological polar surface area (TPSA) is 116 Å². The normalized spacial score (nSPS) is 13.5. The molecule has 0 unspecified atom stereocenters. The van der Waals surface area contributed by atoms with E-state index in [0.717, 1.165) is 11.4 Å². The number of aryl methyl sites for hydroxylation is 1. The van der Waals surface area contributed by atoms with Crippen LogP contribution in [0.3, 0.4) is 0 Å². The van der Waals surface area contributed by atoms with Gasteiger partial charge in [0.25, 0.3) is 5.56 Å². The smallest absolute Gasteiger partial charge is 0.258 e. The van der Waals surface area contributed by atoms with Crippen molar-refractivity contribution in [3.05, 3.63) is 70.5 Å². The summed E-state index contributed by atoms with van der Waals surface area (Å²) in [7, 11) is 0. The lowest BCUT2D eigenvalue weighted by atomic mass is 10.2. The number of amides is 1. The number of aromatic nitrogens is 5. The van der Waals surface area contributed by atoms with Gasteiger partial charge in [-0.05, 0) is 49.2 Å². The molecule has 2 heterocycles. The van der Waals surface area contributed by atoms with E-state index >= 15 is 0 Å². The van der Waals surface area contributed by atoms with Gasteiger partial charge in [0.2, 0.25) is 5.91 Å². The maximum Gasteiger partial charge on any atom is 0.258 e. The molecule has 0 atom stereocenters. The Morgan fingerprint density at radius 1 is 1.07 bits per heavy atom. The molecule has 0 saturated heterocycles. The highest BCUT2D eigenvalue weighted by molar-refractivity contribution is 5.91. The molecule has 30 heavy (non-hydrogen) atoms. The molecule has 0 aliphatic heterocycles. The second-order valence-electron chi connectivity index (χ2n) is 7.47. The number of carbonyl (C=O) groups excluding carboxylic acids is 1. The van der Waals surface area contributed by atoms with Gasteiger partial charge in [0.15, 0.2) is 5.82 Å². The number of aromatic amines is 2. The first-order chi connectivity index (χ1) is 14.7. The highest BCUT2D eigenvalue weighted by Gasteiger charge is 2.27. The number of H-pyrrole nitrogens is 2. The Morgan fingerprint density at radius 3 is 2.67 bits per heavy atom. The number of anilines is 1. The third-order valence-electron chi connectivity index (χ3n) is 5.14. The summed E-state index contributed by atoms with van der Waals surface area (Å²) in [5.41, 5.74) is 2.03. The predicted octanol–water partition coefficient (Wildman–Crippen LogP) is 3.16. The molecule has 8 nitrogen and oxygen atoms in total. The zero-order chi connectivity index (χ0) is 20.5. The number of fused-ring (bicyclic) bond motifs is 1. The van der Waals surface area contributed by atoms with Crippen LogP contribution in [0.2, 0.25) is 0 Å². The Morgan fingerprint density at radius 2 is 1.87 bits per heavy atom. The van der Waals surface area contributed by atoms with Crippen LogP contribution in [0.25, 0.3) is 22.3 Å². The van der Waals surface area contributed by atoms with Crippen LogP contribution in [0.1, 0.15) is 36.8 Å². The van der Waals surface area contributed by atoms with E-state index in [1.54, 1.807) is 18.2 Å². The molecule has 2 aromatic carbocycles. The van der Waals surface area contributed by atoms with E-state index in [1.807, 2.05) is 30.3 Å². The highest BCUT2D eigenvalue weighted by Crippen LogP contribution is 2.38. The minimum Gasteiger partial charge on any atom is -0.326 e. The molecule has 0 bridgehead atoms. The Bertz CT molecular complexity index is 1270. The molecule has 1 fully saturated rings. The van der Waals surface area contributed by atoms with E-state index in [9.17, 15) is 9.59 Å². The summed E-state index contributed by atoms with van der Waals surface area (Å²) < 4.78 is 0. The van der Waals surface area contributed by atoms with Crippen molar-refractivity contribution >= 4 is 22.5 Å². The zero-order valence-corrected chi connectivity index (χ0v) is 16.2. The number of benzene rings is 2. The Balaban J connectivity index is 1.20. The predicted molar refractivity (Wildman–Crippen MR) is 113 cm³/mol. The second kappa shape index (κ2) is 7.55. The first-order valence-corrected chi connectivity index (χ1v) is 9.96. The molecule has 0 spiro atoms. The van der Waals surface area contributed by atoms with Crippen molar-refractivity contribution < 1.29 is 4.79 Å². The summed E-state index contributed by atoms with van der Waals surface area (Å²) in [5.74, 6) is 2.49. The van der Waals surface area contributed by atoms with E-state index in [1.165, 1.54) is 12.8 Å². The van der Waals surface area contributed by atoms with Crippen LogP contribution in [0.15, 0.2) is 53.3 Å².